The van der Waals surface area contributed by atoms with E-state index in [1.54, 1.807) is 0 Å². The van der Waals surface area contributed by atoms with E-state index in [0.29, 0.717) is 0 Å². The van der Waals surface area contributed by atoms with Gasteiger partial charge in [0.1, 0.15) is 5.78 Å². The zero-order valence-corrected chi connectivity index (χ0v) is 2.77. The molecular formula is C4H4O. The molecule has 0 aliphatic carbocycles. The van der Waals surface area contributed by atoms with E-state index in [9.17, 15) is 4.79 Å². The van der Waals surface area contributed by atoms with Crippen LogP contribution < -0.4 is 0 Å². The molecule has 1 nitrogen and oxygen atoms in total. The average molecular weight is 68.1 g/mol. The molecule has 0 unspecified atom stereocenters. The van der Waals surface area contributed by atoms with Crippen molar-refractivity contribution >= 4 is 5.78 Å². The molecule has 0 spiro atoms. The maximum atomic E-state index is 9.47. The second kappa shape index (κ2) is 1.94. The average Bonchev–Trinajstić information content (AvgIpc) is 1.38. The molecule has 0 amide bonds. The maximum Gasteiger partial charge on any atom is 0.137 e. The van der Waals surface area contributed by atoms with Crippen molar-refractivity contribution in [1.29, 1.82) is 0 Å². The van der Waals surface area contributed by atoms with Gasteiger partial charge in [-0.05, 0) is 6.92 Å². The molecule has 0 saturated heterocycles. The largest absolute Gasteiger partial charge is 0.299 e. The van der Waals surface area contributed by atoms with Gasteiger partial charge in [0.05, 0.1) is 0 Å². The molecule has 0 aliphatic rings. The molecule has 0 aliphatic heterocycles. The molecule has 0 atom stereocenters. The third-order valence-corrected chi connectivity index (χ3v) is 0.201. The Morgan fingerprint density at radius 3 is 2.00 bits per heavy atom. The van der Waals surface area contributed by atoms with E-state index >= 15 is 0 Å². The monoisotopic (exact) mass is 68.0 g/mol. The van der Waals surface area contributed by atoms with Gasteiger partial charge in [-0.3, -0.25) is 4.79 Å². The number of carbonyl (C=O) groups excluding carboxylic acids is 1. The van der Waals surface area contributed by atoms with Gasteiger partial charge >= 0.3 is 0 Å². The van der Waals surface area contributed by atoms with Crippen molar-refractivity contribution in [2.45, 2.75) is 6.42 Å². The molecule has 1 heteroatoms. The number of ketones is 1. The lowest BCUT2D eigenvalue weighted by atomic mass is 10.4. The Morgan fingerprint density at radius 1 is 1.80 bits per heavy atom. The van der Waals surface area contributed by atoms with Crippen molar-refractivity contribution in [2.24, 2.45) is 0 Å². The van der Waals surface area contributed by atoms with Gasteiger partial charge < -0.3 is 0 Å². The molecule has 0 bridgehead atoms. The first kappa shape index (κ1) is 4.67. The number of carbonyl (C=O) groups is 1. The van der Waals surface area contributed by atoms with Crippen LogP contribution in [0, 0.1) is 13.8 Å². The van der Waals surface area contributed by atoms with Gasteiger partial charge in [-0.25, -0.2) is 0 Å². The smallest absolute Gasteiger partial charge is 0.137 e. The quantitative estimate of drug-likeness (QED) is 0.434. The van der Waals surface area contributed by atoms with E-state index in [1.165, 1.54) is 0 Å². The molecule has 0 aromatic carbocycles. The highest BCUT2D eigenvalue weighted by Crippen LogP contribution is 1.69. The SMILES string of the molecule is [CH]CC([CH])=O. The van der Waals surface area contributed by atoms with Crippen molar-refractivity contribution in [3.05, 3.63) is 13.8 Å². The van der Waals surface area contributed by atoms with Gasteiger partial charge in [-0.2, -0.15) is 0 Å². The Labute approximate surface area is 32.0 Å². The Balaban J connectivity index is 2.85. The lowest BCUT2D eigenvalue weighted by Gasteiger charge is -1.70. The van der Waals surface area contributed by atoms with Crippen molar-refractivity contribution in [3.8, 4) is 0 Å². The highest BCUT2D eigenvalue weighted by Gasteiger charge is 1.78. The number of Topliss-reactive ketones (excluding diaryl/α,β-unsaturated/α-hetero) is 1. The third kappa shape index (κ3) is 3.67. The second-order valence-electron chi connectivity index (χ2n) is 0.670. The molecule has 0 rings (SSSR count). The highest BCUT2D eigenvalue weighted by molar-refractivity contribution is 5.82. The molecule has 0 saturated carbocycles. The summed E-state index contributed by atoms with van der Waals surface area (Å²) in [4.78, 5) is 9.47. The Bertz CT molecular complexity index is 38.9. The lowest BCUT2D eigenvalue weighted by molar-refractivity contribution is -0.114. The van der Waals surface area contributed by atoms with E-state index in [4.69, 9.17) is 6.92 Å². The molecule has 4 radical (unpaired) electrons. The summed E-state index contributed by atoms with van der Waals surface area (Å²) < 4.78 is 0. The minimum Gasteiger partial charge on any atom is -0.299 e. The van der Waals surface area contributed by atoms with Crippen LogP contribution in [0.1, 0.15) is 6.42 Å². The fourth-order valence-corrected chi connectivity index (χ4v) is 0. The molecule has 0 aromatic rings. The van der Waals surface area contributed by atoms with Gasteiger partial charge in [0.15, 0.2) is 0 Å². The van der Waals surface area contributed by atoms with E-state index in [0.717, 1.165) is 0 Å². The molecular weight excluding hydrogens is 64.0 g/mol. The first-order valence-corrected chi connectivity index (χ1v) is 1.25. The highest BCUT2D eigenvalue weighted by atomic mass is 16.1. The first-order chi connectivity index (χ1) is 2.27. The van der Waals surface area contributed by atoms with Crippen LogP contribution in [0.5, 0.6) is 0 Å². The predicted octanol–water partition coefficient (Wildman–Crippen LogP) is 0.368. The summed E-state index contributed by atoms with van der Waals surface area (Å²) in [6, 6.07) is 0. The van der Waals surface area contributed by atoms with E-state index < -0.39 is 5.78 Å². The van der Waals surface area contributed by atoms with Crippen LogP contribution in [0.25, 0.3) is 0 Å². The van der Waals surface area contributed by atoms with Gasteiger partial charge in [0, 0.05) is 13.3 Å². The summed E-state index contributed by atoms with van der Waals surface area (Å²) in [7, 11) is 0. The minimum atomic E-state index is -0.468. The van der Waals surface area contributed by atoms with Crippen molar-refractivity contribution in [3.63, 3.8) is 0 Å². The van der Waals surface area contributed by atoms with Gasteiger partial charge in [-0.15, -0.1) is 0 Å². The molecule has 26 valence electrons. The summed E-state index contributed by atoms with van der Waals surface area (Å²) >= 11 is 0. The van der Waals surface area contributed by atoms with Crippen LogP contribution in [0.2, 0.25) is 0 Å². The fraction of sp³-hybridized carbons (Fsp3) is 0.250. The molecule has 0 heterocycles. The third-order valence-electron chi connectivity index (χ3n) is 0.201. The number of hydrogen-bond donors (Lipinski definition) is 0. The van der Waals surface area contributed by atoms with Gasteiger partial charge in [0.2, 0.25) is 0 Å². The minimum absolute atomic E-state index is 0.0556. The van der Waals surface area contributed by atoms with Crippen LogP contribution in [0.15, 0.2) is 0 Å². The Kier molecular flexibility index (Phi) is 1.81. The van der Waals surface area contributed by atoms with Gasteiger partial charge in [0.25, 0.3) is 0 Å². The number of rotatable bonds is 1. The molecule has 0 fully saturated rings. The Morgan fingerprint density at radius 2 is 2.00 bits per heavy atom. The molecule has 0 aromatic heterocycles. The molecule has 0 N–H and O–H groups in total. The van der Waals surface area contributed by atoms with Crippen LogP contribution in [0.3, 0.4) is 0 Å². The predicted molar refractivity (Wildman–Crippen MR) is 18.2 cm³/mol. The summed E-state index contributed by atoms with van der Waals surface area (Å²) in [5.74, 6) is -0.468. The summed E-state index contributed by atoms with van der Waals surface area (Å²) in [5.41, 5.74) is 0. The van der Waals surface area contributed by atoms with Crippen molar-refractivity contribution in [2.75, 3.05) is 0 Å². The standard InChI is InChI=1S/C4H4O/c1-3-4(2)5/h1-2H,3H2. The zero-order valence-electron chi connectivity index (χ0n) is 2.77. The van der Waals surface area contributed by atoms with Crippen LogP contribution in [0.4, 0.5) is 0 Å². The first-order valence-electron chi connectivity index (χ1n) is 1.25. The Hall–Kier alpha value is -0.330. The second-order valence-corrected chi connectivity index (χ2v) is 0.670. The summed E-state index contributed by atoms with van der Waals surface area (Å²) in [6.07, 6.45) is -0.0556. The summed E-state index contributed by atoms with van der Waals surface area (Å²) in [6.45, 7) is 9.22. The van der Waals surface area contributed by atoms with Crippen molar-refractivity contribution < 1.29 is 4.79 Å². The van der Waals surface area contributed by atoms with Crippen LogP contribution in [-0.4, -0.2) is 5.78 Å². The zero-order chi connectivity index (χ0) is 4.28. The van der Waals surface area contributed by atoms with E-state index in [2.05, 4.69) is 6.92 Å². The normalized spacial score (nSPS) is 7.60. The lowest BCUT2D eigenvalue weighted by Crippen LogP contribution is -1.81. The maximum absolute atomic E-state index is 9.47. The van der Waals surface area contributed by atoms with Gasteiger partial charge in [-0.1, -0.05) is 0 Å². The number of hydrogen-bond acceptors (Lipinski definition) is 1. The topological polar surface area (TPSA) is 17.1 Å². The van der Waals surface area contributed by atoms with Crippen molar-refractivity contribution in [1.82, 2.24) is 0 Å². The van der Waals surface area contributed by atoms with E-state index in [-0.39, 0.29) is 6.42 Å². The van der Waals surface area contributed by atoms with E-state index in [1.807, 2.05) is 0 Å². The van der Waals surface area contributed by atoms with Crippen LogP contribution >= 0.6 is 0 Å². The fourth-order valence-electron chi connectivity index (χ4n) is 0. The molecule has 5 heavy (non-hydrogen) atoms. The summed E-state index contributed by atoms with van der Waals surface area (Å²) in [5, 5.41) is 0. The van der Waals surface area contributed by atoms with Crippen LogP contribution in [-0.2, 0) is 4.79 Å².